The Kier molecular flexibility index (Phi) is 16.4. The minimum atomic E-state index is -0.381. The molecule has 0 spiro atoms. The summed E-state index contributed by atoms with van der Waals surface area (Å²) in [7, 11) is 0. The van der Waals surface area contributed by atoms with Gasteiger partial charge in [-0.2, -0.15) is 4.98 Å². The van der Waals surface area contributed by atoms with Gasteiger partial charge in [0.2, 0.25) is 5.95 Å². The minimum absolute atomic E-state index is 0.0214. The second-order valence-corrected chi connectivity index (χ2v) is 10.6. The Bertz CT molecular complexity index is 958. The molecule has 0 radical (unpaired) electrons. The monoisotopic (exact) mass is 533 g/mol. The number of ether oxygens (including phenoxy) is 1. The molecule has 0 aliphatic heterocycles. The fourth-order valence-electron chi connectivity index (χ4n) is 4.91. The number of esters is 1. The van der Waals surface area contributed by atoms with Crippen LogP contribution in [0.3, 0.4) is 0 Å². The summed E-state index contributed by atoms with van der Waals surface area (Å²) in [5.74, 6) is -0.166. The Morgan fingerprint density at radius 2 is 1.55 bits per heavy atom. The predicted octanol–water partition coefficient (Wildman–Crippen LogP) is 5.90. The number of nitrogens with zero attached hydrogens (tertiary/aromatic N) is 3. The van der Waals surface area contributed by atoms with Crippen LogP contribution in [0.5, 0.6) is 0 Å². The maximum absolute atomic E-state index is 12.3. The Hall–Kier alpha value is -2.42. The van der Waals surface area contributed by atoms with Crippen LogP contribution in [-0.2, 0) is 16.1 Å². The highest BCUT2D eigenvalue weighted by Crippen LogP contribution is 2.16. The molecule has 2 aromatic heterocycles. The zero-order valence-corrected chi connectivity index (χ0v) is 23.6. The van der Waals surface area contributed by atoms with E-state index in [4.69, 9.17) is 10.5 Å². The molecule has 0 aliphatic carbocycles. The van der Waals surface area contributed by atoms with E-state index in [-0.39, 0.29) is 42.1 Å². The number of carbonyl (C=O) groups excluding carboxylic acids is 1. The van der Waals surface area contributed by atoms with Gasteiger partial charge in [-0.25, -0.2) is 4.98 Å². The van der Waals surface area contributed by atoms with Crippen LogP contribution in [0.15, 0.2) is 11.1 Å². The normalized spacial score (nSPS) is 12.3. The first kappa shape index (κ1) is 31.8. The Morgan fingerprint density at radius 3 is 2.13 bits per heavy atom. The van der Waals surface area contributed by atoms with Gasteiger partial charge in [-0.15, -0.1) is 0 Å². The molecule has 0 unspecified atom stereocenters. The van der Waals surface area contributed by atoms with Crippen molar-refractivity contribution < 1.29 is 14.6 Å². The smallest absolute Gasteiger partial charge is 0.305 e. The number of nitrogens with two attached hydrogens (primary N) is 1. The zero-order chi connectivity index (χ0) is 27.4. The van der Waals surface area contributed by atoms with Gasteiger partial charge < -0.3 is 20.1 Å². The summed E-state index contributed by atoms with van der Waals surface area (Å²) in [6, 6.07) is 0. The number of fused-ring (bicyclic) bond motifs is 1. The number of nitrogen functional groups attached to an aromatic ring is 1. The number of unbranched alkanes of at least 4 members (excludes halogenated alkanes) is 14. The molecule has 0 amide bonds. The maximum atomic E-state index is 12.3. The van der Waals surface area contributed by atoms with Gasteiger partial charge in [0.25, 0.3) is 5.56 Å². The number of H-pyrrole nitrogens is 1. The summed E-state index contributed by atoms with van der Waals surface area (Å²) in [6.45, 7) is 3.07. The molecular weight excluding hydrogens is 482 g/mol. The van der Waals surface area contributed by atoms with Gasteiger partial charge in [0.15, 0.2) is 11.2 Å². The van der Waals surface area contributed by atoms with E-state index in [1.807, 2.05) is 0 Å². The molecule has 4 N–H and O–H groups in total. The number of carbonyl (C=O) groups is 1. The van der Waals surface area contributed by atoms with Crippen LogP contribution >= 0.6 is 0 Å². The number of aromatic amines is 1. The lowest BCUT2D eigenvalue weighted by Crippen LogP contribution is -2.20. The number of hydrogen-bond donors (Lipinski definition) is 3. The summed E-state index contributed by atoms with van der Waals surface area (Å²) < 4.78 is 7.32. The van der Waals surface area contributed by atoms with Crippen molar-refractivity contribution in [1.82, 2.24) is 19.5 Å². The maximum Gasteiger partial charge on any atom is 0.305 e. The molecule has 0 saturated carbocycles. The number of anilines is 1. The molecule has 216 valence electrons. The van der Waals surface area contributed by atoms with Gasteiger partial charge in [0.1, 0.15) is 0 Å². The quantitative estimate of drug-likeness (QED) is 0.120. The van der Waals surface area contributed by atoms with Gasteiger partial charge in [-0.1, -0.05) is 96.8 Å². The second-order valence-electron chi connectivity index (χ2n) is 10.6. The van der Waals surface area contributed by atoms with Crippen LogP contribution in [0.4, 0.5) is 5.95 Å². The van der Waals surface area contributed by atoms with Crippen molar-refractivity contribution in [3.63, 3.8) is 0 Å². The molecule has 38 heavy (non-hydrogen) atoms. The Morgan fingerprint density at radius 1 is 0.974 bits per heavy atom. The van der Waals surface area contributed by atoms with Crippen LogP contribution in [0.25, 0.3) is 11.2 Å². The summed E-state index contributed by atoms with van der Waals surface area (Å²) in [5, 5.41) is 9.26. The molecule has 0 aliphatic rings. The van der Waals surface area contributed by atoms with Crippen LogP contribution in [0, 0.1) is 5.92 Å². The first-order chi connectivity index (χ1) is 18.5. The molecule has 9 nitrogen and oxygen atoms in total. The van der Waals surface area contributed by atoms with E-state index in [1.54, 1.807) is 10.9 Å². The number of aliphatic hydroxyl groups excluding tert-OH is 1. The summed E-state index contributed by atoms with van der Waals surface area (Å²) in [6.07, 6.45) is 22.7. The van der Waals surface area contributed by atoms with Crippen molar-refractivity contribution in [2.24, 2.45) is 5.92 Å². The highest BCUT2D eigenvalue weighted by molar-refractivity contribution is 5.70. The summed E-state index contributed by atoms with van der Waals surface area (Å²) >= 11 is 0. The van der Waals surface area contributed by atoms with Crippen LogP contribution in [-0.4, -0.2) is 43.8 Å². The molecule has 2 aromatic rings. The fourth-order valence-corrected chi connectivity index (χ4v) is 4.91. The number of hydrogen-bond acceptors (Lipinski definition) is 7. The lowest BCUT2D eigenvalue weighted by Gasteiger charge is -2.17. The third kappa shape index (κ3) is 12.9. The third-order valence-corrected chi connectivity index (χ3v) is 7.18. The number of imidazole rings is 1. The van der Waals surface area contributed by atoms with Gasteiger partial charge >= 0.3 is 5.97 Å². The Labute approximate surface area is 228 Å². The highest BCUT2D eigenvalue weighted by atomic mass is 16.5. The van der Waals surface area contributed by atoms with Crippen molar-refractivity contribution in [1.29, 1.82) is 0 Å². The molecule has 0 bridgehead atoms. The van der Waals surface area contributed by atoms with E-state index in [0.717, 1.165) is 12.8 Å². The molecule has 2 heterocycles. The Balaban J connectivity index is 1.55. The van der Waals surface area contributed by atoms with Crippen molar-refractivity contribution in [2.45, 2.75) is 129 Å². The van der Waals surface area contributed by atoms with E-state index >= 15 is 0 Å². The summed E-state index contributed by atoms with van der Waals surface area (Å²) in [4.78, 5) is 35.1. The molecular formula is C29H51N5O4. The van der Waals surface area contributed by atoms with Gasteiger partial charge in [0, 0.05) is 25.5 Å². The SMILES string of the molecule is CCCCCCCCCCCCCCCCCC(=O)OC[C@H](CCCO)Cn1cnc2c(=O)[nH]c(N)nc21. The number of nitrogens with one attached hydrogen (secondary N) is 1. The van der Waals surface area contributed by atoms with Crippen molar-refractivity contribution >= 4 is 23.1 Å². The van der Waals surface area contributed by atoms with E-state index in [1.165, 1.54) is 83.5 Å². The lowest BCUT2D eigenvalue weighted by atomic mass is 10.0. The molecule has 0 saturated heterocycles. The van der Waals surface area contributed by atoms with E-state index < -0.39 is 0 Å². The molecule has 0 aromatic carbocycles. The minimum Gasteiger partial charge on any atom is -0.465 e. The van der Waals surface area contributed by atoms with Crippen LogP contribution in [0.2, 0.25) is 0 Å². The van der Waals surface area contributed by atoms with E-state index in [0.29, 0.717) is 31.5 Å². The van der Waals surface area contributed by atoms with Crippen LogP contribution < -0.4 is 11.3 Å². The molecule has 2 rings (SSSR count). The van der Waals surface area contributed by atoms with Crippen LogP contribution in [0.1, 0.15) is 122 Å². The lowest BCUT2D eigenvalue weighted by molar-refractivity contribution is -0.145. The molecule has 1 atom stereocenters. The molecule has 9 heteroatoms. The first-order valence-electron chi connectivity index (χ1n) is 15.0. The van der Waals surface area contributed by atoms with Gasteiger partial charge in [-0.05, 0) is 19.3 Å². The second kappa shape index (κ2) is 19.6. The number of aliphatic hydroxyl groups is 1. The number of rotatable bonds is 23. The average molecular weight is 534 g/mol. The number of aromatic nitrogens is 4. The fraction of sp³-hybridized carbons (Fsp3) is 0.793. The summed E-state index contributed by atoms with van der Waals surface area (Å²) in [5.41, 5.74) is 5.93. The van der Waals surface area contributed by atoms with Gasteiger partial charge in [0.05, 0.1) is 12.9 Å². The van der Waals surface area contributed by atoms with Crippen molar-refractivity contribution in [3.8, 4) is 0 Å². The average Bonchev–Trinajstić information content (AvgIpc) is 3.30. The first-order valence-corrected chi connectivity index (χ1v) is 15.0. The topological polar surface area (TPSA) is 136 Å². The van der Waals surface area contributed by atoms with Gasteiger partial charge in [-0.3, -0.25) is 14.6 Å². The largest absolute Gasteiger partial charge is 0.465 e. The van der Waals surface area contributed by atoms with E-state index in [9.17, 15) is 14.7 Å². The zero-order valence-electron chi connectivity index (χ0n) is 23.6. The molecule has 0 fully saturated rings. The van der Waals surface area contributed by atoms with Crippen molar-refractivity contribution in [3.05, 3.63) is 16.7 Å². The van der Waals surface area contributed by atoms with Crippen molar-refractivity contribution in [2.75, 3.05) is 18.9 Å². The predicted molar refractivity (Wildman–Crippen MR) is 153 cm³/mol. The third-order valence-electron chi connectivity index (χ3n) is 7.18. The standard InChI is InChI=1S/C29H51N5O4/c1-2-3-4-5-6-7-8-9-10-11-12-13-14-15-16-19-25(36)38-22-24(18-17-20-35)21-34-23-31-26-27(34)32-29(30)33-28(26)37/h23-24,35H,2-22H2,1H3,(H3,30,32,33,37)/t24-/m1/s1. The highest BCUT2D eigenvalue weighted by Gasteiger charge is 2.16. The van der Waals surface area contributed by atoms with E-state index in [2.05, 4.69) is 21.9 Å².